The zero-order valence-corrected chi connectivity index (χ0v) is 29.5. The summed E-state index contributed by atoms with van der Waals surface area (Å²) >= 11 is 3.82. The predicted octanol–water partition coefficient (Wildman–Crippen LogP) is 14.3. The van der Waals surface area contributed by atoms with Crippen molar-refractivity contribution in [2.24, 2.45) is 0 Å². The molecule has 12 aromatic rings. The summed E-state index contributed by atoms with van der Waals surface area (Å²) in [6.07, 6.45) is 0. The molecule has 0 saturated carbocycles. The normalized spacial score (nSPS) is 12.2. The molecule has 0 unspecified atom stereocenters. The van der Waals surface area contributed by atoms with E-state index in [0.29, 0.717) is 0 Å². The molecule has 0 bridgehead atoms. The summed E-state index contributed by atoms with van der Waals surface area (Å²) < 4.78 is 10.2. The van der Waals surface area contributed by atoms with Crippen LogP contribution in [0.1, 0.15) is 0 Å². The molecule has 4 heteroatoms. The van der Waals surface area contributed by atoms with Crippen LogP contribution in [0, 0.1) is 0 Å². The molecule has 0 atom stereocenters. The number of hydrogen-bond donors (Lipinski definition) is 0. The largest absolute Gasteiger partial charge is 0.309 e. The van der Waals surface area contributed by atoms with E-state index in [-0.39, 0.29) is 0 Å². The van der Waals surface area contributed by atoms with Gasteiger partial charge >= 0.3 is 0 Å². The van der Waals surface area contributed by atoms with E-state index in [9.17, 15) is 0 Å². The molecule has 0 amide bonds. The fourth-order valence-corrected chi connectivity index (χ4v) is 11.1. The number of nitrogens with zero attached hydrogens (tertiary/aromatic N) is 2. The second kappa shape index (κ2) is 10.7. The third-order valence-electron chi connectivity index (χ3n) is 10.9. The highest BCUT2D eigenvalue weighted by molar-refractivity contribution is 7.29. The van der Waals surface area contributed by atoms with Crippen molar-refractivity contribution >= 4 is 107 Å². The molecule has 242 valence electrons. The van der Waals surface area contributed by atoms with E-state index in [1.807, 2.05) is 22.7 Å². The second-order valence-electron chi connectivity index (χ2n) is 13.7. The number of thiophene rings is 2. The zero-order valence-electron chi connectivity index (χ0n) is 27.9. The van der Waals surface area contributed by atoms with Crippen molar-refractivity contribution in [3.8, 4) is 22.5 Å². The smallest absolute Gasteiger partial charge is 0.0541 e. The molecule has 8 aromatic carbocycles. The van der Waals surface area contributed by atoms with Gasteiger partial charge in [-0.3, -0.25) is 0 Å². The summed E-state index contributed by atoms with van der Waals surface area (Å²) in [6, 6.07) is 62.7. The lowest BCUT2D eigenvalue weighted by molar-refractivity contribution is 1.18. The SMILES string of the molecule is c1ccc(-n2c3ccccc3c3cc(-c4ccc5c(c4)c4ccccc4n5-c4ccc5c(c4)sc4ccc6c7ccccc7sc6c45)ccc32)cc1. The molecule has 0 fully saturated rings. The maximum Gasteiger partial charge on any atom is 0.0541 e. The molecule has 0 saturated heterocycles. The van der Waals surface area contributed by atoms with Crippen LogP contribution in [0.2, 0.25) is 0 Å². The maximum atomic E-state index is 2.45. The lowest BCUT2D eigenvalue weighted by atomic mass is 10.0. The van der Waals surface area contributed by atoms with Gasteiger partial charge in [0.15, 0.2) is 0 Å². The number of hydrogen-bond acceptors (Lipinski definition) is 2. The molecule has 4 heterocycles. The van der Waals surface area contributed by atoms with E-state index < -0.39 is 0 Å². The average Bonchev–Trinajstić information content (AvgIpc) is 3.95. The molecule has 0 aliphatic carbocycles. The molecule has 0 N–H and O–H groups in total. The Kier molecular flexibility index (Phi) is 5.84. The van der Waals surface area contributed by atoms with Gasteiger partial charge in [-0.25, -0.2) is 0 Å². The van der Waals surface area contributed by atoms with Gasteiger partial charge in [-0.05, 0) is 83.9 Å². The number of fused-ring (bicyclic) bond motifs is 13. The highest BCUT2D eigenvalue weighted by Crippen LogP contribution is 2.45. The standard InChI is InChI=1S/C48H28N2S2/c1-2-10-31(11-3-1)49-40-15-7-4-12-33(40)38-26-29(18-23-42(38)49)30-19-24-43-39(27-30)34-13-5-8-16-41(34)50(43)32-20-21-37-46(28-32)51-45-25-22-36-35-14-6-9-17-44(35)52-48(36)47(37)45/h1-28H. The highest BCUT2D eigenvalue weighted by Gasteiger charge is 2.18. The summed E-state index contributed by atoms with van der Waals surface area (Å²) in [5.41, 5.74) is 9.71. The fourth-order valence-electron chi connectivity index (χ4n) is 8.61. The highest BCUT2D eigenvalue weighted by atomic mass is 32.1. The Morgan fingerprint density at radius 3 is 1.60 bits per heavy atom. The van der Waals surface area contributed by atoms with Gasteiger partial charge in [-0.1, -0.05) is 97.1 Å². The van der Waals surface area contributed by atoms with E-state index in [0.717, 1.165) is 0 Å². The first-order chi connectivity index (χ1) is 25.8. The summed E-state index contributed by atoms with van der Waals surface area (Å²) in [7, 11) is 0. The Labute approximate surface area is 306 Å². The summed E-state index contributed by atoms with van der Waals surface area (Å²) in [5.74, 6) is 0. The number of para-hydroxylation sites is 3. The minimum Gasteiger partial charge on any atom is -0.309 e. The molecule has 0 aliphatic heterocycles. The van der Waals surface area contributed by atoms with Crippen LogP contribution in [0.3, 0.4) is 0 Å². The molecule has 0 aliphatic rings. The Morgan fingerprint density at radius 1 is 0.308 bits per heavy atom. The number of benzene rings is 8. The Morgan fingerprint density at radius 2 is 0.885 bits per heavy atom. The van der Waals surface area contributed by atoms with Gasteiger partial charge in [0.1, 0.15) is 0 Å². The van der Waals surface area contributed by atoms with Gasteiger partial charge < -0.3 is 9.13 Å². The summed E-state index contributed by atoms with van der Waals surface area (Å²) in [4.78, 5) is 0. The lowest BCUT2D eigenvalue weighted by Gasteiger charge is -2.09. The molecule has 4 aromatic heterocycles. The van der Waals surface area contributed by atoms with Crippen molar-refractivity contribution < 1.29 is 0 Å². The number of aromatic nitrogens is 2. The van der Waals surface area contributed by atoms with Gasteiger partial charge in [0, 0.05) is 73.3 Å². The topological polar surface area (TPSA) is 9.86 Å². The molecule has 2 nitrogen and oxygen atoms in total. The summed E-state index contributed by atoms with van der Waals surface area (Å²) in [5, 5.41) is 10.5. The minimum absolute atomic E-state index is 1.18. The Balaban J connectivity index is 1.03. The van der Waals surface area contributed by atoms with Gasteiger partial charge in [0.05, 0.1) is 22.1 Å². The van der Waals surface area contributed by atoms with E-state index in [4.69, 9.17) is 0 Å². The Hall–Kier alpha value is -6.20. The third-order valence-corrected chi connectivity index (χ3v) is 13.2. The molecular formula is C48H28N2S2. The van der Waals surface area contributed by atoms with E-state index in [1.54, 1.807) is 0 Å². The second-order valence-corrected chi connectivity index (χ2v) is 15.8. The van der Waals surface area contributed by atoms with Crippen molar-refractivity contribution in [1.29, 1.82) is 0 Å². The Bertz CT molecular complexity index is 3410. The van der Waals surface area contributed by atoms with Gasteiger partial charge in [0.25, 0.3) is 0 Å². The average molecular weight is 697 g/mol. The molecule has 52 heavy (non-hydrogen) atoms. The van der Waals surface area contributed by atoms with E-state index in [1.165, 1.54) is 106 Å². The van der Waals surface area contributed by atoms with Gasteiger partial charge in [0.2, 0.25) is 0 Å². The van der Waals surface area contributed by atoms with Crippen LogP contribution in [-0.2, 0) is 0 Å². The van der Waals surface area contributed by atoms with Crippen molar-refractivity contribution in [2.45, 2.75) is 0 Å². The zero-order chi connectivity index (χ0) is 33.9. The first-order valence-corrected chi connectivity index (χ1v) is 19.3. The molecule has 0 radical (unpaired) electrons. The van der Waals surface area contributed by atoms with E-state index in [2.05, 4.69) is 179 Å². The van der Waals surface area contributed by atoms with Crippen LogP contribution in [-0.4, -0.2) is 9.13 Å². The van der Waals surface area contributed by atoms with Crippen LogP contribution < -0.4 is 0 Å². The van der Waals surface area contributed by atoms with E-state index >= 15 is 0 Å². The minimum atomic E-state index is 1.18. The summed E-state index contributed by atoms with van der Waals surface area (Å²) in [6.45, 7) is 0. The predicted molar refractivity (Wildman–Crippen MR) is 226 cm³/mol. The van der Waals surface area contributed by atoms with Crippen LogP contribution in [0.4, 0.5) is 0 Å². The maximum absolute atomic E-state index is 2.45. The first kappa shape index (κ1) is 28.5. The monoisotopic (exact) mass is 696 g/mol. The van der Waals surface area contributed by atoms with Crippen molar-refractivity contribution in [3.63, 3.8) is 0 Å². The first-order valence-electron chi connectivity index (χ1n) is 17.7. The number of rotatable bonds is 3. The van der Waals surface area contributed by atoms with Crippen LogP contribution in [0.15, 0.2) is 170 Å². The lowest BCUT2D eigenvalue weighted by Crippen LogP contribution is -1.93. The molecular weight excluding hydrogens is 669 g/mol. The van der Waals surface area contributed by atoms with Crippen molar-refractivity contribution in [1.82, 2.24) is 9.13 Å². The van der Waals surface area contributed by atoms with Crippen LogP contribution in [0.5, 0.6) is 0 Å². The van der Waals surface area contributed by atoms with Crippen molar-refractivity contribution in [3.05, 3.63) is 170 Å². The van der Waals surface area contributed by atoms with Crippen LogP contribution in [0.25, 0.3) is 106 Å². The quantitative estimate of drug-likeness (QED) is 0.174. The van der Waals surface area contributed by atoms with Crippen LogP contribution >= 0.6 is 22.7 Å². The van der Waals surface area contributed by atoms with Crippen molar-refractivity contribution in [2.75, 3.05) is 0 Å². The van der Waals surface area contributed by atoms with Gasteiger partial charge in [-0.15, -0.1) is 22.7 Å². The fraction of sp³-hybridized carbons (Fsp3) is 0. The molecule has 0 spiro atoms. The third kappa shape index (κ3) is 3.93. The molecule has 12 rings (SSSR count). The van der Waals surface area contributed by atoms with Gasteiger partial charge in [-0.2, -0.15) is 0 Å².